The maximum atomic E-state index is 13.7. The van der Waals surface area contributed by atoms with Gasteiger partial charge in [-0.25, -0.2) is 15.0 Å². The summed E-state index contributed by atoms with van der Waals surface area (Å²) in [5.74, 6) is 0.744. The van der Waals surface area contributed by atoms with Gasteiger partial charge < -0.3 is 15.2 Å². The molecule has 4 heterocycles. The molecule has 0 saturated carbocycles. The molecular formula is C21H23N5O3. The molecule has 8 heteroatoms. The van der Waals surface area contributed by atoms with Crippen molar-refractivity contribution in [2.24, 2.45) is 16.1 Å². The van der Waals surface area contributed by atoms with E-state index >= 15 is 0 Å². The fourth-order valence-electron chi connectivity index (χ4n) is 5.01. The third-order valence-corrected chi connectivity index (χ3v) is 6.62. The minimum atomic E-state index is -1.18. The molecule has 29 heavy (non-hydrogen) atoms. The van der Waals surface area contributed by atoms with Crippen molar-refractivity contribution in [1.29, 1.82) is 0 Å². The molecule has 1 aromatic heterocycles. The van der Waals surface area contributed by atoms with Crippen LogP contribution in [-0.4, -0.2) is 53.1 Å². The summed E-state index contributed by atoms with van der Waals surface area (Å²) in [7, 11) is 1.67. The summed E-state index contributed by atoms with van der Waals surface area (Å²) in [5, 5.41) is 0. The van der Waals surface area contributed by atoms with Gasteiger partial charge in [-0.1, -0.05) is 13.0 Å². The van der Waals surface area contributed by atoms with Crippen molar-refractivity contribution < 1.29 is 14.3 Å². The molecule has 1 amide bonds. The summed E-state index contributed by atoms with van der Waals surface area (Å²) < 4.78 is 12.3. The molecule has 3 aliphatic heterocycles. The fourth-order valence-corrected chi connectivity index (χ4v) is 5.01. The zero-order valence-corrected chi connectivity index (χ0v) is 16.5. The molecule has 8 nitrogen and oxygen atoms in total. The number of carbonyl (C=O) groups excluding carboxylic acids is 1. The van der Waals surface area contributed by atoms with E-state index in [9.17, 15) is 4.79 Å². The fraction of sp³-hybridized carbons (Fsp3) is 0.429. The molecule has 1 spiro atoms. The highest BCUT2D eigenvalue weighted by Gasteiger charge is 2.68. The van der Waals surface area contributed by atoms with E-state index in [-0.39, 0.29) is 18.0 Å². The van der Waals surface area contributed by atoms with Gasteiger partial charge >= 0.3 is 0 Å². The normalized spacial score (nSPS) is 30.6. The largest absolute Gasteiger partial charge is 0.489 e. The van der Waals surface area contributed by atoms with E-state index in [4.69, 9.17) is 20.2 Å². The molecule has 0 aliphatic carbocycles. The second kappa shape index (κ2) is 6.25. The molecule has 2 aromatic rings. The number of amides is 1. The van der Waals surface area contributed by atoms with Crippen molar-refractivity contribution in [1.82, 2.24) is 14.9 Å². The highest BCUT2D eigenvalue weighted by molar-refractivity contribution is 6.08. The van der Waals surface area contributed by atoms with Crippen LogP contribution < -0.4 is 10.5 Å². The van der Waals surface area contributed by atoms with Gasteiger partial charge in [0, 0.05) is 37.0 Å². The minimum Gasteiger partial charge on any atom is -0.489 e. The predicted molar refractivity (Wildman–Crippen MR) is 106 cm³/mol. The first kappa shape index (κ1) is 18.1. The van der Waals surface area contributed by atoms with E-state index in [0.717, 1.165) is 16.7 Å². The van der Waals surface area contributed by atoms with Gasteiger partial charge in [0.2, 0.25) is 0 Å². The predicted octanol–water partition coefficient (Wildman–Crippen LogP) is 1.70. The lowest BCUT2D eigenvalue weighted by Gasteiger charge is -2.54. The number of likely N-dealkylation sites (N-methyl/N-ethyl adjacent to an activating group) is 1. The molecule has 1 fully saturated rings. The zero-order chi connectivity index (χ0) is 20.2. The SMILES string of the molecule is CCC12COCCC1Oc1ccc(-c3cncnc3)cc1C21N=C(N)N(C)C1=O. The number of nitrogens with zero attached hydrogens (tertiary/aromatic N) is 4. The van der Waals surface area contributed by atoms with Crippen molar-refractivity contribution in [3.63, 3.8) is 0 Å². The summed E-state index contributed by atoms with van der Waals surface area (Å²) in [6.45, 7) is 3.05. The number of hydrogen-bond acceptors (Lipinski definition) is 7. The molecule has 0 bridgehead atoms. The number of fused-ring (bicyclic) bond motifs is 4. The maximum absolute atomic E-state index is 13.7. The van der Waals surface area contributed by atoms with Gasteiger partial charge in [0.15, 0.2) is 11.5 Å². The number of ether oxygens (including phenoxy) is 2. The van der Waals surface area contributed by atoms with Crippen molar-refractivity contribution in [2.45, 2.75) is 31.4 Å². The lowest BCUT2D eigenvalue weighted by Crippen LogP contribution is -2.64. The van der Waals surface area contributed by atoms with Gasteiger partial charge in [-0.2, -0.15) is 0 Å². The lowest BCUT2D eigenvalue weighted by atomic mass is 9.58. The van der Waals surface area contributed by atoms with E-state index in [1.165, 1.54) is 11.2 Å². The number of aliphatic imine (C=N–C) groups is 1. The van der Waals surface area contributed by atoms with E-state index < -0.39 is 11.0 Å². The highest BCUT2D eigenvalue weighted by Crippen LogP contribution is 2.59. The number of guanidine groups is 1. The summed E-state index contributed by atoms with van der Waals surface area (Å²) in [6.07, 6.45) is 6.18. The van der Waals surface area contributed by atoms with Crippen molar-refractivity contribution in [2.75, 3.05) is 20.3 Å². The zero-order valence-electron chi connectivity index (χ0n) is 16.5. The van der Waals surface area contributed by atoms with Gasteiger partial charge in [-0.15, -0.1) is 0 Å². The summed E-state index contributed by atoms with van der Waals surface area (Å²) in [4.78, 5) is 28.2. The van der Waals surface area contributed by atoms with Crippen LogP contribution in [0.4, 0.5) is 0 Å². The topological polar surface area (TPSA) is 103 Å². The molecule has 1 saturated heterocycles. The first-order chi connectivity index (χ1) is 14.0. The van der Waals surface area contributed by atoms with Gasteiger partial charge in [0.25, 0.3) is 5.91 Å². The molecule has 1 aromatic carbocycles. The number of carbonyl (C=O) groups is 1. The van der Waals surface area contributed by atoms with Crippen LogP contribution in [0.25, 0.3) is 11.1 Å². The average molecular weight is 393 g/mol. The Balaban J connectivity index is 1.79. The second-order valence-corrected chi connectivity index (χ2v) is 7.84. The first-order valence-corrected chi connectivity index (χ1v) is 9.81. The van der Waals surface area contributed by atoms with Crippen LogP contribution in [0.3, 0.4) is 0 Å². The third kappa shape index (κ3) is 2.23. The van der Waals surface area contributed by atoms with Crippen molar-refractivity contribution >= 4 is 11.9 Å². The Kier molecular flexibility index (Phi) is 3.89. The minimum absolute atomic E-state index is 0.140. The van der Waals surface area contributed by atoms with Crippen molar-refractivity contribution in [3.05, 3.63) is 42.5 Å². The van der Waals surface area contributed by atoms with Gasteiger partial charge in [0.05, 0.1) is 18.6 Å². The smallest absolute Gasteiger partial charge is 0.262 e. The summed E-state index contributed by atoms with van der Waals surface area (Å²) >= 11 is 0. The van der Waals surface area contributed by atoms with Gasteiger partial charge in [0.1, 0.15) is 18.2 Å². The summed E-state index contributed by atoms with van der Waals surface area (Å²) in [6, 6.07) is 5.83. The molecule has 3 atom stereocenters. The second-order valence-electron chi connectivity index (χ2n) is 7.84. The Labute approximate surface area is 168 Å². The van der Waals surface area contributed by atoms with Crippen LogP contribution in [0, 0.1) is 5.41 Å². The van der Waals surface area contributed by atoms with Crippen LogP contribution in [0.5, 0.6) is 5.75 Å². The van der Waals surface area contributed by atoms with Crippen LogP contribution in [0.2, 0.25) is 0 Å². The molecule has 3 unspecified atom stereocenters. The van der Waals surface area contributed by atoms with Crippen LogP contribution >= 0.6 is 0 Å². The maximum Gasteiger partial charge on any atom is 0.262 e. The van der Waals surface area contributed by atoms with Gasteiger partial charge in [-0.05, 0) is 24.1 Å². The monoisotopic (exact) mass is 393 g/mol. The molecule has 3 aliphatic rings. The van der Waals surface area contributed by atoms with E-state index in [1.807, 2.05) is 18.2 Å². The highest BCUT2D eigenvalue weighted by atomic mass is 16.5. The van der Waals surface area contributed by atoms with Crippen molar-refractivity contribution in [3.8, 4) is 16.9 Å². The van der Waals surface area contributed by atoms with Crippen LogP contribution in [0.15, 0.2) is 41.9 Å². The third-order valence-electron chi connectivity index (χ3n) is 6.62. The average Bonchev–Trinajstić information content (AvgIpc) is 2.99. The Morgan fingerprint density at radius 3 is 2.76 bits per heavy atom. The quantitative estimate of drug-likeness (QED) is 0.833. The van der Waals surface area contributed by atoms with E-state index in [1.54, 1.807) is 19.4 Å². The van der Waals surface area contributed by atoms with Crippen LogP contribution in [0.1, 0.15) is 25.3 Å². The molecule has 0 radical (unpaired) electrons. The number of benzene rings is 1. The summed E-state index contributed by atoms with van der Waals surface area (Å²) in [5.41, 5.74) is 6.84. The Bertz CT molecular complexity index is 1010. The number of hydrogen-bond donors (Lipinski definition) is 1. The Hall–Kier alpha value is -3.00. The number of rotatable bonds is 2. The molecule has 5 rings (SSSR count). The molecular weight excluding hydrogens is 370 g/mol. The molecule has 2 N–H and O–H groups in total. The molecule has 150 valence electrons. The Morgan fingerprint density at radius 2 is 2.07 bits per heavy atom. The van der Waals surface area contributed by atoms with E-state index in [0.29, 0.717) is 31.8 Å². The Morgan fingerprint density at radius 1 is 1.28 bits per heavy atom. The van der Waals surface area contributed by atoms with Crippen LogP contribution in [-0.2, 0) is 15.1 Å². The number of aromatic nitrogens is 2. The van der Waals surface area contributed by atoms with E-state index in [2.05, 4.69) is 16.9 Å². The lowest BCUT2D eigenvalue weighted by molar-refractivity contribution is -0.165. The van der Waals surface area contributed by atoms with Gasteiger partial charge in [-0.3, -0.25) is 9.69 Å². The standard InChI is InChI=1S/C21H23N5O3/c1-3-20-11-28-7-6-17(20)29-16-5-4-13(14-9-23-12-24-10-14)8-15(16)21(20)18(27)26(2)19(22)25-21/h4-5,8-10,12,17H,3,6-7,11H2,1-2H3,(H2,22,25). The first-order valence-electron chi connectivity index (χ1n) is 9.81. The number of nitrogens with two attached hydrogens (primary N) is 1.